The number of nitrogens with one attached hydrogen (secondary N) is 1. The minimum atomic E-state index is -0.382. The van der Waals surface area contributed by atoms with Gasteiger partial charge in [0.2, 0.25) is 5.78 Å². The number of hydrogen-bond donors (Lipinski definition) is 3. The summed E-state index contributed by atoms with van der Waals surface area (Å²) in [5.41, 5.74) is 1.89. The van der Waals surface area contributed by atoms with Crippen LogP contribution < -0.4 is 0 Å². The molecule has 1 aliphatic heterocycles. The molecule has 6 nitrogen and oxygen atoms in total. The zero-order chi connectivity index (χ0) is 13.7. The predicted octanol–water partition coefficient (Wildman–Crippen LogP) is -0.0321. The first-order valence-electron chi connectivity index (χ1n) is 6.10. The Hall–Kier alpha value is 0.963. The monoisotopic (exact) mass is 716 g/mol. The van der Waals surface area contributed by atoms with Crippen LogP contribution in [0.3, 0.4) is 0 Å². The molecule has 1 aromatic rings. The number of H-pyrrole nitrogens is 1. The summed E-state index contributed by atoms with van der Waals surface area (Å²) in [6, 6.07) is 0. The second kappa shape index (κ2) is 7.69. The number of hydrogen-bond acceptors (Lipinski definition) is 5. The molecule has 2 radical (unpaired) electrons. The van der Waals surface area contributed by atoms with Gasteiger partial charge in [-0.3, -0.25) is 9.59 Å². The van der Waals surface area contributed by atoms with Crippen molar-refractivity contribution in [3.63, 3.8) is 0 Å². The van der Waals surface area contributed by atoms with E-state index >= 15 is 0 Å². The van der Waals surface area contributed by atoms with E-state index in [-0.39, 0.29) is 124 Å². The third kappa shape index (κ3) is 3.28. The Labute approximate surface area is 193 Å². The van der Waals surface area contributed by atoms with Crippen molar-refractivity contribution in [1.29, 1.82) is 0 Å². The Morgan fingerprint density at radius 1 is 1.10 bits per heavy atom. The summed E-state index contributed by atoms with van der Waals surface area (Å²) in [5, 5.41) is 18.6. The van der Waals surface area contributed by atoms with Gasteiger partial charge in [-0.2, -0.15) is 0 Å². The molecule has 1 aromatic heterocycles. The largest absolute Gasteiger partial charge is 0.392 e. The Morgan fingerprint density at radius 2 is 1.71 bits per heavy atom. The van der Waals surface area contributed by atoms with E-state index in [2.05, 4.69) is 4.98 Å². The van der Waals surface area contributed by atoms with Crippen LogP contribution in [0.25, 0.3) is 0 Å². The van der Waals surface area contributed by atoms with Crippen LogP contribution in [0.4, 0.5) is 0 Å². The smallest absolute Gasteiger partial charge is 0.226 e. The number of rotatable bonds is 3. The first-order valence-corrected chi connectivity index (χ1v) is 6.10. The van der Waals surface area contributed by atoms with Crippen molar-refractivity contribution in [3.8, 4) is 0 Å². The predicted molar refractivity (Wildman–Crippen MR) is 65.6 cm³/mol. The van der Waals surface area contributed by atoms with Gasteiger partial charge in [0.15, 0.2) is 5.78 Å². The topological polar surface area (TPSA) is 93.4 Å². The van der Waals surface area contributed by atoms with Gasteiger partial charge < -0.3 is 20.1 Å². The molecule has 1 saturated heterocycles. The van der Waals surface area contributed by atoms with Crippen molar-refractivity contribution in [2.45, 2.75) is 20.1 Å². The van der Waals surface area contributed by atoms with E-state index in [0.29, 0.717) is 22.5 Å². The van der Waals surface area contributed by atoms with Crippen molar-refractivity contribution >= 4 is 11.6 Å². The van der Waals surface area contributed by atoms with E-state index in [0.717, 1.165) is 13.1 Å². The number of ketones is 2. The number of aliphatic hydroxyl groups excluding tert-OH is 2. The zero-order valence-electron chi connectivity index (χ0n) is 11.6. The average Bonchev–Trinajstić information content (AvgIpc) is 3.15. The first-order chi connectivity index (χ1) is 9.10. The third-order valence-electron chi connectivity index (χ3n) is 3.64. The van der Waals surface area contributed by atoms with Gasteiger partial charge in [-0.05, 0) is 6.92 Å². The van der Waals surface area contributed by atoms with Gasteiger partial charge in [-0.15, -0.1) is 0 Å². The molecule has 0 atom stereocenters. The quantitative estimate of drug-likeness (QED) is 0.383. The molecular weight excluding hydrogens is 702 g/mol. The molecule has 8 heteroatoms. The van der Waals surface area contributed by atoms with Crippen molar-refractivity contribution in [2.24, 2.45) is 0 Å². The molecule has 0 amide bonds. The average molecular weight is 716 g/mol. The Bertz CT molecular complexity index is 632. The number of Topliss-reactive ketones (excluding diaryl/α,β-unsaturated/α-hetero) is 2. The van der Waals surface area contributed by atoms with Gasteiger partial charge in [-0.25, -0.2) is 0 Å². The van der Waals surface area contributed by atoms with Gasteiger partial charge in [0, 0.05) is 118 Å². The SMILES string of the molecule is CC1=C(N2CC2)C(=O)c2[nH]c(CO)c(CO)c2C1=O.[Ac].[Ac]. The number of aliphatic hydroxyl groups is 2. The minimum absolute atomic E-state index is 0. The Morgan fingerprint density at radius 3 is 2.19 bits per heavy atom. The molecule has 1 aliphatic carbocycles. The van der Waals surface area contributed by atoms with Gasteiger partial charge in [0.1, 0.15) is 5.69 Å². The van der Waals surface area contributed by atoms with Crippen LogP contribution in [0.5, 0.6) is 0 Å². The van der Waals surface area contributed by atoms with E-state index < -0.39 is 0 Å². The molecule has 0 unspecified atom stereocenters. The molecule has 3 N–H and O–H groups in total. The van der Waals surface area contributed by atoms with Gasteiger partial charge >= 0.3 is 0 Å². The van der Waals surface area contributed by atoms with E-state index in [1.54, 1.807) is 6.92 Å². The fourth-order valence-electron chi connectivity index (χ4n) is 2.56. The van der Waals surface area contributed by atoms with Crippen LogP contribution in [0.1, 0.15) is 39.0 Å². The molecule has 21 heavy (non-hydrogen) atoms. The van der Waals surface area contributed by atoms with Crippen LogP contribution in [0, 0.1) is 88.1 Å². The van der Waals surface area contributed by atoms with Crippen LogP contribution in [0.15, 0.2) is 11.3 Å². The second-order valence-electron chi connectivity index (χ2n) is 4.77. The summed E-state index contributed by atoms with van der Waals surface area (Å²) in [6.45, 7) is 2.46. The van der Waals surface area contributed by atoms with Crippen LogP contribution in [0.2, 0.25) is 0 Å². The van der Waals surface area contributed by atoms with Crippen LogP contribution in [-0.4, -0.2) is 44.8 Å². The van der Waals surface area contributed by atoms with E-state index in [9.17, 15) is 19.8 Å². The maximum atomic E-state index is 12.4. The van der Waals surface area contributed by atoms with Crippen molar-refractivity contribution in [3.05, 3.63) is 33.8 Å². The molecule has 0 aromatic carbocycles. The first kappa shape index (κ1) is 20.0. The summed E-state index contributed by atoms with van der Waals surface area (Å²) < 4.78 is 0. The maximum Gasteiger partial charge on any atom is 0.226 e. The normalized spacial score (nSPS) is 16.4. The molecule has 1 fully saturated rings. The molecule has 3 rings (SSSR count). The zero-order valence-corrected chi connectivity index (χ0v) is 21.1. The van der Waals surface area contributed by atoms with Crippen LogP contribution in [-0.2, 0) is 13.2 Å². The van der Waals surface area contributed by atoms with E-state index in [1.165, 1.54) is 0 Å². The third-order valence-corrected chi connectivity index (χ3v) is 3.64. The van der Waals surface area contributed by atoms with Gasteiger partial charge in [0.25, 0.3) is 0 Å². The van der Waals surface area contributed by atoms with Gasteiger partial charge in [-0.1, -0.05) is 0 Å². The fraction of sp³-hybridized carbons (Fsp3) is 0.385. The molecule has 106 valence electrons. The number of carbonyl (C=O) groups excluding carboxylic acids is 2. The number of nitrogens with zero attached hydrogens (tertiary/aromatic N) is 1. The standard InChI is InChI=1S/C13H14N2O4.2Ac/c1-6-11(15-2-3-15)13(19)10-9(12(6)18)7(4-16)8(5-17)14-10;;/h14,16-17H,2-5H2,1H3;;. The molecule has 2 heterocycles. The molecular formula is C13H14Ac2N2O4. The number of carbonyl (C=O) groups is 2. The van der Waals surface area contributed by atoms with Crippen molar-refractivity contribution in [2.75, 3.05) is 13.1 Å². The van der Waals surface area contributed by atoms with E-state index in [4.69, 9.17) is 0 Å². The van der Waals surface area contributed by atoms with Gasteiger partial charge in [0.05, 0.1) is 24.5 Å². The Kier molecular flexibility index (Phi) is 7.33. The number of aromatic amines is 1. The van der Waals surface area contributed by atoms with E-state index in [1.807, 2.05) is 4.90 Å². The Balaban J connectivity index is 0.00000110. The summed E-state index contributed by atoms with van der Waals surface area (Å²) >= 11 is 0. The molecule has 0 bridgehead atoms. The number of fused-ring (bicyclic) bond motifs is 1. The van der Waals surface area contributed by atoms with Crippen LogP contribution >= 0.6 is 0 Å². The maximum absolute atomic E-state index is 12.4. The molecule has 0 saturated carbocycles. The van der Waals surface area contributed by atoms with Crippen molar-refractivity contribution < 1.29 is 108 Å². The fourth-order valence-corrected chi connectivity index (χ4v) is 2.56. The summed E-state index contributed by atoms with van der Waals surface area (Å²) in [7, 11) is 0. The number of aromatic nitrogens is 1. The van der Waals surface area contributed by atoms with Crippen molar-refractivity contribution in [1.82, 2.24) is 9.88 Å². The summed E-state index contributed by atoms with van der Waals surface area (Å²) in [5.74, 6) is -0.490. The summed E-state index contributed by atoms with van der Waals surface area (Å²) in [4.78, 5) is 29.4. The number of allylic oxidation sites excluding steroid dienone is 2. The molecule has 0 spiro atoms. The summed E-state index contributed by atoms with van der Waals surface area (Å²) in [6.07, 6.45) is 0. The molecule has 2 aliphatic rings. The minimum Gasteiger partial charge on any atom is -0.392 e. The second-order valence-corrected chi connectivity index (χ2v) is 4.77.